The van der Waals surface area contributed by atoms with E-state index in [4.69, 9.17) is 5.73 Å². The van der Waals surface area contributed by atoms with Crippen LogP contribution < -0.4 is 11.1 Å². The van der Waals surface area contributed by atoms with Crippen LogP contribution in [0, 0.1) is 0 Å². The van der Waals surface area contributed by atoms with Gasteiger partial charge in [0, 0.05) is 26.8 Å². The molecule has 0 aliphatic carbocycles. The lowest BCUT2D eigenvalue weighted by Crippen LogP contribution is -2.54. The Morgan fingerprint density at radius 1 is 0.926 bits per heavy atom. The molecule has 3 amide bonds. The molecule has 142 valence electrons. The molecule has 2 aromatic rings. The average Bonchev–Trinajstić information content (AvgIpc) is 2.65. The van der Waals surface area contributed by atoms with Gasteiger partial charge in [-0.05, 0) is 11.1 Å². The average molecular weight is 367 g/mol. The minimum absolute atomic E-state index is 0.309. The minimum atomic E-state index is -0.799. The highest BCUT2D eigenvalue weighted by molar-refractivity contribution is 5.91. The molecule has 27 heavy (non-hydrogen) atoms. The van der Waals surface area contributed by atoms with Gasteiger partial charge in [-0.3, -0.25) is 14.4 Å². The van der Waals surface area contributed by atoms with E-state index in [1.54, 1.807) is 7.05 Å². The van der Waals surface area contributed by atoms with E-state index < -0.39 is 18.0 Å². The van der Waals surface area contributed by atoms with E-state index in [-0.39, 0.29) is 11.8 Å². The van der Waals surface area contributed by atoms with Gasteiger partial charge >= 0.3 is 0 Å². The van der Waals surface area contributed by atoms with Crippen LogP contribution in [0.1, 0.15) is 18.1 Å². The van der Waals surface area contributed by atoms with Crippen LogP contribution in [0.3, 0.4) is 0 Å². The van der Waals surface area contributed by atoms with Crippen molar-refractivity contribution in [2.45, 2.75) is 31.8 Å². The normalized spacial score (nSPS) is 12.7. The number of primary amides is 1. The largest absolute Gasteiger partial charge is 0.368 e. The van der Waals surface area contributed by atoms with Gasteiger partial charge in [0.25, 0.3) is 0 Å². The van der Waals surface area contributed by atoms with E-state index in [1.807, 2.05) is 60.7 Å². The highest BCUT2D eigenvalue weighted by Gasteiger charge is 2.30. The molecule has 0 saturated carbocycles. The first-order valence-corrected chi connectivity index (χ1v) is 8.79. The van der Waals surface area contributed by atoms with Crippen LogP contribution >= 0.6 is 0 Å². The number of benzene rings is 2. The maximum Gasteiger partial charge on any atom is 0.245 e. The molecule has 6 nitrogen and oxygen atoms in total. The summed E-state index contributed by atoms with van der Waals surface area (Å²) >= 11 is 0. The molecule has 0 spiro atoms. The Morgan fingerprint density at radius 2 is 1.41 bits per heavy atom. The molecule has 0 aromatic heterocycles. The lowest BCUT2D eigenvalue weighted by molar-refractivity contribution is -0.140. The van der Waals surface area contributed by atoms with Gasteiger partial charge in [0.05, 0.1) is 0 Å². The summed E-state index contributed by atoms with van der Waals surface area (Å²) in [6.45, 7) is 1.36. The van der Waals surface area contributed by atoms with Crippen LogP contribution in [0.5, 0.6) is 0 Å². The van der Waals surface area contributed by atoms with Crippen molar-refractivity contribution in [2.75, 3.05) is 7.05 Å². The van der Waals surface area contributed by atoms with E-state index in [1.165, 1.54) is 11.8 Å². The van der Waals surface area contributed by atoms with Crippen LogP contribution in [-0.4, -0.2) is 41.8 Å². The predicted molar refractivity (Wildman–Crippen MR) is 104 cm³/mol. The first-order chi connectivity index (χ1) is 12.9. The van der Waals surface area contributed by atoms with Crippen LogP contribution in [0.4, 0.5) is 0 Å². The first kappa shape index (κ1) is 20.2. The Morgan fingerprint density at radius 3 is 1.85 bits per heavy atom. The number of carbonyl (C=O) groups excluding carboxylic acids is 3. The van der Waals surface area contributed by atoms with Crippen LogP contribution in [0.25, 0.3) is 0 Å². The van der Waals surface area contributed by atoms with Crippen molar-refractivity contribution in [1.29, 1.82) is 0 Å². The molecule has 2 rings (SSSR count). The first-order valence-electron chi connectivity index (χ1n) is 8.79. The van der Waals surface area contributed by atoms with Crippen molar-refractivity contribution in [1.82, 2.24) is 10.2 Å². The zero-order chi connectivity index (χ0) is 19.8. The second-order valence-corrected chi connectivity index (χ2v) is 6.50. The van der Waals surface area contributed by atoms with Gasteiger partial charge in [0.2, 0.25) is 17.7 Å². The molecule has 2 aromatic carbocycles. The van der Waals surface area contributed by atoms with Gasteiger partial charge in [0.15, 0.2) is 0 Å². The van der Waals surface area contributed by atoms with Gasteiger partial charge in [0.1, 0.15) is 12.1 Å². The van der Waals surface area contributed by atoms with Crippen molar-refractivity contribution in [3.8, 4) is 0 Å². The second kappa shape index (κ2) is 9.52. The maximum absolute atomic E-state index is 13.0. The fourth-order valence-corrected chi connectivity index (χ4v) is 2.96. The Hall–Kier alpha value is -3.15. The molecule has 2 atom stereocenters. The Balaban J connectivity index is 2.19. The molecule has 0 heterocycles. The third-order valence-electron chi connectivity index (χ3n) is 4.37. The summed E-state index contributed by atoms with van der Waals surface area (Å²) < 4.78 is 0. The van der Waals surface area contributed by atoms with Crippen LogP contribution in [0.2, 0.25) is 0 Å². The fourth-order valence-electron chi connectivity index (χ4n) is 2.96. The minimum Gasteiger partial charge on any atom is -0.368 e. The molecule has 0 bridgehead atoms. The highest BCUT2D eigenvalue weighted by Crippen LogP contribution is 2.12. The quantitative estimate of drug-likeness (QED) is 0.736. The van der Waals surface area contributed by atoms with Crippen molar-refractivity contribution in [3.05, 3.63) is 71.8 Å². The third-order valence-corrected chi connectivity index (χ3v) is 4.37. The topological polar surface area (TPSA) is 92.5 Å². The Bertz CT molecular complexity index is 778. The fraction of sp³-hybridized carbons (Fsp3) is 0.286. The molecular weight excluding hydrogens is 342 g/mol. The Kier molecular flexibility index (Phi) is 7.11. The van der Waals surface area contributed by atoms with E-state index >= 15 is 0 Å². The predicted octanol–water partition coefficient (Wildman–Crippen LogP) is 1.29. The number of nitrogens with two attached hydrogens (primary N) is 1. The SMILES string of the molecule is CC(=O)NC(Cc1ccccc1)C(=O)N(C)C(Cc1ccccc1)C(N)=O. The van der Waals surface area contributed by atoms with Gasteiger partial charge in [-0.1, -0.05) is 60.7 Å². The number of carbonyl (C=O) groups is 3. The molecule has 0 aliphatic rings. The number of hydrogen-bond donors (Lipinski definition) is 2. The van der Waals surface area contributed by atoms with Crippen LogP contribution in [0.15, 0.2) is 60.7 Å². The monoisotopic (exact) mass is 367 g/mol. The smallest absolute Gasteiger partial charge is 0.245 e. The lowest BCUT2D eigenvalue weighted by atomic mass is 10.0. The van der Waals surface area contributed by atoms with E-state index in [0.29, 0.717) is 12.8 Å². The zero-order valence-electron chi connectivity index (χ0n) is 15.6. The maximum atomic E-state index is 13.0. The van der Waals surface area contributed by atoms with Crippen molar-refractivity contribution < 1.29 is 14.4 Å². The van der Waals surface area contributed by atoms with E-state index in [2.05, 4.69) is 5.32 Å². The Labute approximate surface area is 159 Å². The second-order valence-electron chi connectivity index (χ2n) is 6.50. The summed E-state index contributed by atoms with van der Waals surface area (Å²) in [5.74, 6) is -1.25. The van der Waals surface area contributed by atoms with Crippen LogP contribution in [-0.2, 0) is 27.2 Å². The number of nitrogens with zero attached hydrogens (tertiary/aromatic N) is 1. The van der Waals surface area contributed by atoms with E-state index in [9.17, 15) is 14.4 Å². The molecule has 3 N–H and O–H groups in total. The summed E-state index contributed by atoms with van der Waals surface area (Å²) in [5, 5.41) is 2.68. The van der Waals surface area contributed by atoms with Gasteiger partial charge in [-0.15, -0.1) is 0 Å². The van der Waals surface area contributed by atoms with Gasteiger partial charge < -0.3 is 16.0 Å². The van der Waals surface area contributed by atoms with Crippen molar-refractivity contribution >= 4 is 17.7 Å². The summed E-state index contributed by atoms with van der Waals surface area (Å²) in [4.78, 5) is 37.9. The number of likely N-dealkylation sites (N-methyl/N-ethyl adjacent to an activating group) is 1. The number of nitrogens with one attached hydrogen (secondary N) is 1. The third kappa shape index (κ3) is 5.95. The number of amides is 3. The highest BCUT2D eigenvalue weighted by atomic mass is 16.2. The van der Waals surface area contributed by atoms with Gasteiger partial charge in [-0.2, -0.15) is 0 Å². The summed E-state index contributed by atoms with van der Waals surface area (Å²) in [5.41, 5.74) is 7.37. The standard InChI is InChI=1S/C21H25N3O3/c1-15(25)23-18(13-16-9-5-3-6-10-16)21(27)24(2)19(20(22)26)14-17-11-7-4-8-12-17/h3-12,18-19H,13-14H2,1-2H3,(H2,22,26)(H,23,25). The van der Waals surface area contributed by atoms with Crippen molar-refractivity contribution in [2.24, 2.45) is 5.73 Å². The zero-order valence-corrected chi connectivity index (χ0v) is 15.6. The van der Waals surface area contributed by atoms with Crippen molar-refractivity contribution in [3.63, 3.8) is 0 Å². The van der Waals surface area contributed by atoms with Gasteiger partial charge in [-0.25, -0.2) is 0 Å². The molecule has 0 saturated heterocycles. The molecule has 0 aliphatic heterocycles. The number of rotatable bonds is 8. The molecule has 2 unspecified atom stereocenters. The summed E-state index contributed by atoms with van der Waals surface area (Å²) in [6, 6.07) is 17.2. The van der Waals surface area contributed by atoms with E-state index in [0.717, 1.165) is 11.1 Å². The lowest BCUT2D eigenvalue weighted by Gasteiger charge is -2.30. The summed E-state index contributed by atoms with van der Waals surface area (Å²) in [6.07, 6.45) is 0.650. The molecule has 0 radical (unpaired) electrons. The molecular formula is C21H25N3O3. The summed E-state index contributed by atoms with van der Waals surface area (Å²) in [7, 11) is 1.54. The number of hydrogen-bond acceptors (Lipinski definition) is 3. The molecule has 6 heteroatoms. The molecule has 0 fully saturated rings.